The lowest BCUT2D eigenvalue weighted by Gasteiger charge is -2.12. The first-order valence-electron chi connectivity index (χ1n) is 5.66. The van der Waals surface area contributed by atoms with Crippen LogP contribution in [0.15, 0.2) is 29.2 Å². The van der Waals surface area contributed by atoms with Crippen molar-refractivity contribution >= 4 is 11.2 Å². The molecule has 1 rings (SSSR count). The third-order valence-corrected chi connectivity index (χ3v) is 3.39. The quantitative estimate of drug-likeness (QED) is 0.585. The molecule has 1 aromatic rings. The molecule has 0 spiro atoms. The predicted molar refractivity (Wildman–Crippen MR) is 63.9 cm³/mol. The molecule has 0 heterocycles. The van der Waals surface area contributed by atoms with Gasteiger partial charge in [0, 0.05) is 0 Å². The molecule has 0 amide bonds. The van der Waals surface area contributed by atoms with Crippen LogP contribution in [0.4, 0.5) is 13.2 Å². The number of rotatable bonds is 6. The molecule has 0 saturated heterocycles. The van der Waals surface area contributed by atoms with Crippen molar-refractivity contribution in [2.75, 3.05) is 6.61 Å². The van der Waals surface area contributed by atoms with Gasteiger partial charge in [-0.25, -0.2) is 0 Å². The molecule has 6 heteroatoms. The van der Waals surface area contributed by atoms with Crippen molar-refractivity contribution in [2.24, 2.45) is 0 Å². The van der Waals surface area contributed by atoms with Gasteiger partial charge in [-0.05, 0) is 30.7 Å². The molecular weight excluding hydrogens is 265 g/mol. The summed E-state index contributed by atoms with van der Waals surface area (Å²) >= 11 is -2.97. The maximum absolute atomic E-state index is 12.2. The molecule has 0 aliphatic rings. The number of halogens is 3. The van der Waals surface area contributed by atoms with Gasteiger partial charge < -0.3 is 9.29 Å². The second-order valence-corrected chi connectivity index (χ2v) is 5.21. The molecule has 0 aromatic heterocycles. The monoisotopic (exact) mass is 280 g/mol. The van der Waals surface area contributed by atoms with Gasteiger partial charge in [-0.2, -0.15) is 0 Å². The third kappa shape index (κ3) is 4.78. The summed E-state index contributed by atoms with van der Waals surface area (Å²) in [5.74, 6) is 0.494. The van der Waals surface area contributed by atoms with Crippen LogP contribution in [0.2, 0.25) is 0 Å². The summed E-state index contributed by atoms with van der Waals surface area (Å²) in [6.45, 7) is 2.61. The molecule has 0 radical (unpaired) electrons. The summed E-state index contributed by atoms with van der Waals surface area (Å²) in [7, 11) is 0. The molecule has 102 valence electrons. The molecular formula is C12H15F3O2S. The van der Waals surface area contributed by atoms with Crippen LogP contribution in [-0.4, -0.2) is 16.7 Å². The second-order valence-electron chi connectivity index (χ2n) is 3.74. The lowest BCUT2D eigenvalue weighted by atomic mass is 10.3. The van der Waals surface area contributed by atoms with Gasteiger partial charge in [0.15, 0.2) is 4.90 Å². The highest BCUT2D eigenvalue weighted by atomic mass is 32.2. The van der Waals surface area contributed by atoms with Crippen LogP contribution in [0.3, 0.4) is 0 Å². The fourth-order valence-electron chi connectivity index (χ4n) is 1.34. The molecule has 1 unspecified atom stereocenters. The first-order chi connectivity index (χ1) is 8.45. The lowest BCUT2D eigenvalue weighted by molar-refractivity contribution is -0.0435. The minimum atomic E-state index is -4.72. The summed E-state index contributed by atoms with van der Waals surface area (Å²) in [5, 5.41) is 0. The second kappa shape index (κ2) is 6.89. The fourth-order valence-corrected chi connectivity index (χ4v) is 1.99. The van der Waals surface area contributed by atoms with E-state index in [-0.39, 0.29) is 4.90 Å². The van der Waals surface area contributed by atoms with Gasteiger partial charge in [-0.3, -0.25) is 0 Å². The van der Waals surface area contributed by atoms with Gasteiger partial charge in [-0.1, -0.05) is 19.8 Å². The number of unbranched alkanes of at least 4 members (excludes halogenated alkanes) is 2. The molecule has 18 heavy (non-hydrogen) atoms. The highest BCUT2D eigenvalue weighted by molar-refractivity contribution is 7.92. The van der Waals surface area contributed by atoms with Gasteiger partial charge >= 0.3 is 5.51 Å². The topological polar surface area (TPSA) is 32.3 Å². The van der Waals surface area contributed by atoms with Crippen LogP contribution < -0.4 is 4.74 Å². The zero-order valence-electron chi connectivity index (χ0n) is 10.00. The van der Waals surface area contributed by atoms with Gasteiger partial charge in [0.1, 0.15) is 5.75 Å². The third-order valence-electron chi connectivity index (χ3n) is 2.26. The highest BCUT2D eigenvalue weighted by Crippen LogP contribution is 2.30. The van der Waals surface area contributed by atoms with E-state index in [0.29, 0.717) is 12.4 Å². The van der Waals surface area contributed by atoms with Crippen molar-refractivity contribution in [3.63, 3.8) is 0 Å². The predicted octanol–water partition coefficient (Wildman–Crippen LogP) is 3.88. The molecule has 0 saturated carbocycles. The average Bonchev–Trinajstić information content (AvgIpc) is 2.33. The fraction of sp³-hybridized carbons (Fsp3) is 0.500. The normalized spacial score (nSPS) is 13.4. The standard InChI is InChI=1S/C12H15F3O2S/c1-2-3-4-9-17-10-5-7-11(8-6-10)18(16)12(13,14)15/h5-8H,2-4,9H2,1H3. The minimum absolute atomic E-state index is 0.261. The Morgan fingerprint density at radius 2 is 1.78 bits per heavy atom. The Kier molecular flexibility index (Phi) is 5.81. The Bertz CT molecular complexity index is 351. The van der Waals surface area contributed by atoms with Crippen LogP contribution in [0.5, 0.6) is 5.75 Å². The van der Waals surface area contributed by atoms with Crippen LogP contribution in [0.1, 0.15) is 26.2 Å². The zero-order valence-corrected chi connectivity index (χ0v) is 10.8. The molecule has 0 N–H and O–H groups in total. The Balaban J connectivity index is 2.52. The Morgan fingerprint density at radius 3 is 2.28 bits per heavy atom. The first-order valence-corrected chi connectivity index (χ1v) is 6.81. The van der Waals surface area contributed by atoms with Crippen molar-refractivity contribution < 1.29 is 22.5 Å². The minimum Gasteiger partial charge on any atom is -0.604 e. The maximum atomic E-state index is 12.2. The summed E-state index contributed by atoms with van der Waals surface area (Å²) < 4.78 is 52.9. The summed E-state index contributed by atoms with van der Waals surface area (Å²) in [4.78, 5) is -0.261. The number of alkyl halides is 3. The molecule has 1 atom stereocenters. The van der Waals surface area contributed by atoms with Crippen molar-refractivity contribution in [2.45, 2.75) is 36.6 Å². The molecule has 0 fully saturated rings. The summed E-state index contributed by atoms with van der Waals surface area (Å²) in [6.07, 6.45) is 3.04. The smallest absolute Gasteiger partial charge is 0.578 e. The molecule has 0 aliphatic carbocycles. The molecule has 1 aromatic carbocycles. The van der Waals surface area contributed by atoms with Crippen LogP contribution in [0.25, 0.3) is 0 Å². The number of benzene rings is 1. The SMILES string of the molecule is CCCCCOc1ccc([S+]([O-])C(F)(F)F)cc1. The van der Waals surface area contributed by atoms with Crippen LogP contribution in [-0.2, 0) is 11.2 Å². The number of ether oxygens (including phenoxy) is 1. The highest BCUT2D eigenvalue weighted by Gasteiger charge is 2.45. The van der Waals surface area contributed by atoms with E-state index in [1.165, 1.54) is 24.3 Å². The van der Waals surface area contributed by atoms with E-state index in [9.17, 15) is 17.7 Å². The Hall–Kier alpha value is -0.880. The first kappa shape index (κ1) is 15.2. The Labute approximate surface area is 107 Å². The van der Waals surface area contributed by atoms with E-state index in [1.807, 2.05) is 0 Å². The van der Waals surface area contributed by atoms with E-state index < -0.39 is 16.7 Å². The molecule has 0 aliphatic heterocycles. The average molecular weight is 280 g/mol. The van der Waals surface area contributed by atoms with Crippen molar-refractivity contribution in [3.05, 3.63) is 24.3 Å². The van der Waals surface area contributed by atoms with Crippen LogP contribution in [0, 0.1) is 0 Å². The van der Waals surface area contributed by atoms with E-state index in [0.717, 1.165) is 19.3 Å². The Morgan fingerprint density at radius 1 is 1.17 bits per heavy atom. The van der Waals surface area contributed by atoms with Crippen molar-refractivity contribution in [1.29, 1.82) is 0 Å². The van der Waals surface area contributed by atoms with Gasteiger partial charge in [0.2, 0.25) is 0 Å². The lowest BCUT2D eigenvalue weighted by Crippen LogP contribution is -2.23. The van der Waals surface area contributed by atoms with E-state index in [4.69, 9.17) is 4.74 Å². The van der Waals surface area contributed by atoms with E-state index in [2.05, 4.69) is 6.92 Å². The molecule has 2 nitrogen and oxygen atoms in total. The van der Waals surface area contributed by atoms with Gasteiger partial charge in [0.25, 0.3) is 0 Å². The number of hydrogen-bond donors (Lipinski definition) is 0. The van der Waals surface area contributed by atoms with Gasteiger partial charge in [0.05, 0.1) is 17.8 Å². The summed E-state index contributed by atoms with van der Waals surface area (Å²) in [5.41, 5.74) is -4.72. The van der Waals surface area contributed by atoms with Gasteiger partial charge in [-0.15, -0.1) is 13.2 Å². The van der Waals surface area contributed by atoms with Crippen molar-refractivity contribution in [1.82, 2.24) is 0 Å². The van der Waals surface area contributed by atoms with Crippen LogP contribution >= 0.6 is 0 Å². The maximum Gasteiger partial charge on any atom is 0.578 e. The summed E-state index contributed by atoms with van der Waals surface area (Å²) in [6, 6.07) is 5.17. The van der Waals surface area contributed by atoms with E-state index >= 15 is 0 Å². The zero-order chi connectivity index (χ0) is 13.6. The molecule has 0 bridgehead atoms. The van der Waals surface area contributed by atoms with E-state index in [1.54, 1.807) is 0 Å². The number of hydrogen-bond acceptors (Lipinski definition) is 2. The largest absolute Gasteiger partial charge is 0.604 e. The van der Waals surface area contributed by atoms with Crippen molar-refractivity contribution in [3.8, 4) is 5.75 Å².